The summed E-state index contributed by atoms with van der Waals surface area (Å²) in [6.07, 6.45) is 1.43. The second-order valence-electron chi connectivity index (χ2n) is 3.40. The lowest BCUT2D eigenvalue weighted by atomic mass is 10.1. The summed E-state index contributed by atoms with van der Waals surface area (Å²) in [4.78, 5) is 11.2. The smallest absolute Gasteiger partial charge is 0.341 e. The lowest BCUT2D eigenvalue weighted by Crippen LogP contribution is -2.01. The third kappa shape index (κ3) is 1.86. The van der Waals surface area contributed by atoms with Crippen molar-refractivity contribution in [1.29, 1.82) is 0 Å². The van der Waals surface area contributed by atoms with E-state index in [1.165, 1.54) is 11.3 Å². The van der Waals surface area contributed by atoms with Gasteiger partial charge in [0.1, 0.15) is 11.3 Å². The molecule has 0 aliphatic rings. The number of carbonyl (C=O) groups is 1. The van der Waals surface area contributed by atoms with Gasteiger partial charge in [-0.1, -0.05) is 12.1 Å². The Balaban J connectivity index is 2.50. The zero-order chi connectivity index (χ0) is 11.5. The molecule has 2 heterocycles. The molecule has 0 amide bonds. The molecule has 0 saturated heterocycles. The van der Waals surface area contributed by atoms with Crippen LogP contribution < -0.4 is 0 Å². The summed E-state index contributed by atoms with van der Waals surface area (Å²) < 4.78 is 5.10. The molecule has 0 radical (unpaired) electrons. The van der Waals surface area contributed by atoms with Gasteiger partial charge in [-0.3, -0.25) is 0 Å². The fourth-order valence-electron chi connectivity index (χ4n) is 1.54. The molecule has 0 saturated carbocycles. The third-order valence-corrected chi connectivity index (χ3v) is 2.93. The molecular formula is C11H11NO3S. The Labute approximate surface area is 96.5 Å². The van der Waals surface area contributed by atoms with Crippen molar-refractivity contribution in [3.8, 4) is 11.3 Å². The minimum Gasteiger partial charge on any atom is -0.477 e. The Hall–Kier alpha value is -1.62. The minimum atomic E-state index is -0.981. The largest absolute Gasteiger partial charge is 0.477 e. The maximum atomic E-state index is 11.2. The second-order valence-corrected chi connectivity index (χ2v) is 4.18. The molecule has 2 rings (SSSR count). The zero-order valence-electron chi connectivity index (χ0n) is 8.77. The highest BCUT2D eigenvalue weighted by atomic mass is 32.1. The Morgan fingerprint density at radius 2 is 2.44 bits per heavy atom. The summed E-state index contributed by atoms with van der Waals surface area (Å²) in [5.74, 6) is -0.526. The lowest BCUT2D eigenvalue weighted by Gasteiger charge is -1.95. The summed E-state index contributed by atoms with van der Waals surface area (Å²) in [7, 11) is 0. The van der Waals surface area contributed by atoms with Crippen molar-refractivity contribution in [3.05, 3.63) is 28.2 Å². The monoisotopic (exact) mass is 237 g/mol. The van der Waals surface area contributed by atoms with E-state index in [9.17, 15) is 4.79 Å². The van der Waals surface area contributed by atoms with Gasteiger partial charge in [0, 0.05) is 17.4 Å². The molecule has 84 valence electrons. The van der Waals surface area contributed by atoms with E-state index >= 15 is 0 Å². The van der Waals surface area contributed by atoms with Gasteiger partial charge in [0.25, 0.3) is 0 Å². The van der Waals surface area contributed by atoms with Gasteiger partial charge in [0.15, 0.2) is 5.76 Å². The van der Waals surface area contributed by atoms with Crippen molar-refractivity contribution >= 4 is 17.3 Å². The molecule has 0 atom stereocenters. The first kappa shape index (κ1) is 10.9. The van der Waals surface area contributed by atoms with Crippen LogP contribution >= 0.6 is 11.3 Å². The Bertz CT molecular complexity index is 487. The quantitative estimate of drug-likeness (QED) is 0.887. The molecule has 5 heteroatoms. The first-order valence-electron chi connectivity index (χ1n) is 4.98. The number of hydrogen-bond acceptors (Lipinski definition) is 4. The maximum Gasteiger partial charge on any atom is 0.341 e. The first-order chi connectivity index (χ1) is 7.74. The number of hydrogen-bond donors (Lipinski definition) is 1. The van der Waals surface area contributed by atoms with Crippen LogP contribution in [0.25, 0.3) is 11.3 Å². The van der Waals surface area contributed by atoms with Crippen LogP contribution in [0.5, 0.6) is 0 Å². The molecule has 0 fully saturated rings. The molecule has 16 heavy (non-hydrogen) atoms. The predicted octanol–water partition coefficient (Wildman–Crippen LogP) is 3.05. The van der Waals surface area contributed by atoms with Gasteiger partial charge in [0.2, 0.25) is 0 Å². The Morgan fingerprint density at radius 3 is 3.00 bits per heavy atom. The van der Waals surface area contributed by atoms with Gasteiger partial charge in [0.05, 0.1) is 0 Å². The molecule has 0 aliphatic heterocycles. The number of thiophene rings is 1. The number of carboxylic acid groups (broad SMARTS) is 1. The average Bonchev–Trinajstić information content (AvgIpc) is 2.83. The second kappa shape index (κ2) is 4.49. The van der Waals surface area contributed by atoms with Crippen molar-refractivity contribution in [2.75, 3.05) is 0 Å². The first-order valence-corrected chi connectivity index (χ1v) is 5.92. The van der Waals surface area contributed by atoms with E-state index in [0.29, 0.717) is 17.9 Å². The van der Waals surface area contributed by atoms with Gasteiger partial charge < -0.3 is 9.63 Å². The fraction of sp³-hybridized carbons (Fsp3) is 0.273. The highest BCUT2D eigenvalue weighted by Gasteiger charge is 2.22. The summed E-state index contributed by atoms with van der Waals surface area (Å²) in [5.41, 5.74) is 1.42. The topological polar surface area (TPSA) is 63.3 Å². The number of rotatable bonds is 4. The molecule has 1 N–H and O–H groups in total. The van der Waals surface area contributed by atoms with Crippen molar-refractivity contribution in [2.24, 2.45) is 0 Å². The summed E-state index contributed by atoms with van der Waals surface area (Å²) >= 11 is 1.50. The molecule has 2 aromatic rings. The molecule has 0 bridgehead atoms. The van der Waals surface area contributed by atoms with E-state index in [1.54, 1.807) is 0 Å². The third-order valence-electron chi connectivity index (χ3n) is 2.25. The number of aromatic carboxylic acids is 1. The molecule has 4 nitrogen and oxygen atoms in total. The van der Waals surface area contributed by atoms with Crippen molar-refractivity contribution in [1.82, 2.24) is 5.16 Å². The van der Waals surface area contributed by atoms with Crippen molar-refractivity contribution < 1.29 is 14.4 Å². The van der Waals surface area contributed by atoms with Crippen molar-refractivity contribution in [3.63, 3.8) is 0 Å². The normalized spacial score (nSPS) is 10.6. The number of aryl methyl sites for hydroxylation is 1. The van der Waals surface area contributed by atoms with Crippen LogP contribution in [-0.2, 0) is 6.42 Å². The average molecular weight is 237 g/mol. The molecule has 0 aromatic carbocycles. The maximum absolute atomic E-state index is 11.2. The summed E-state index contributed by atoms with van der Waals surface area (Å²) in [6, 6.07) is 1.84. The van der Waals surface area contributed by atoms with Gasteiger partial charge in [-0.05, 0) is 17.9 Å². The van der Waals surface area contributed by atoms with Crippen LogP contribution in [0.15, 0.2) is 21.3 Å². The molecule has 0 aliphatic carbocycles. The molecular weight excluding hydrogens is 226 g/mol. The minimum absolute atomic E-state index is 0.195. The van der Waals surface area contributed by atoms with Crippen LogP contribution in [0.4, 0.5) is 0 Å². The number of nitrogens with zero attached hydrogens (tertiary/aromatic N) is 1. The van der Waals surface area contributed by atoms with E-state index in [0.717, 1.165) is 12.0 Å². The van der Waals surface area contributed by atoms with Crippen LogP contribution in [0.1, 0.15) is 29.5 Å². The van der Waals surface area contributed by atoms with Crippen molar-refractivity contribution in [2.45, 2.75) is 19.8 Å². The highest BCUT2D eigenvalue weighted by molar-refractivity contribution is 7.08. The van der Waals surface area contributed by atoms with Gasteiger partial charge in [-0.2, -0.15) is 11.3 Å². The van der Waals surface area contributed by atoms with E-state index in [-0.39, 0.29) is 5.56 Å². The van der Waals surface area contributed by atoms with E-state index in [1.807, 2.05) is 23.8 Å². The highest BCUT2D eigenvalue weighted by Crippen LogP contribution is 2.27. The number of carboxylic acids is 1. The SMILES string of the molecule is CCCc1onc(-c2ccsc2)c1C(=O)O. The zero-order valence-corrected chi connectivity index (χ0v) is 9.58. The standard InChI is InChI=1S/C11H11NO3S/c1-2-3-8-9(11(13)14)10(12-15-8)7-4-5-16-6-7/h4-6H,2-3H2,1H3,(H,13,14). The summed E-state index contributed by atoms with van der Waals surface area (Å²) in [5, 5.41) is 16.8. The van der Waals surface area contributed by atoms with Gasteiger partial charge in [-0.25, -0.2) is 4.79 Å². The molecule has 2 aromatic heterocycles. The van der Waals surface area contributed by atoms with E-state index in [2.05, 4.69) is 5.16 Å². The lowest BCUT2D eigenvalue weighted by molar-refractivity contribution is 0.0695. The van der Waals surface area contributed by atoms with Crippen LogP contribution in [-0.4, -0.2) is 16.2 Å². The molecule has 0 unspecified atom stereocenters. The van der Waals surface area contributed by atoms with Crippen LogP contribution in [0, 0.1) is 0 Å². The van der Waals surface area contributed by atoms with Crippen LogP contribution in [0.3, 0.4) is 0 Å². The van der Waals surface area contributed by atoms with E-state index in [4.69, 9.17) is 9.63 Å². The summed E-state index contributed by atoms with van der Waals surface area (Å²) in [6.45, 7) is 1.97. The van der Waals surface area contributed by atoms with Crippen LogP contribution in [0.2, 0.25) is 0 Å². The molecule has 0 spiro atoms. The van der Waals surface area contributed by atoms with Gasteiger partial charge >= 0.3 is 5.97 Å². The predicted molar refractivity (Wildman–Crippen MR) is 60.8 cm³/mol. The Kier molecular flexibility index (Phi) is 3.05. The van der Waals surface area contributed by atoms with Gasteiger partial charge in [-0.15, -0.1) is 0 Å². The fourth-order valence-corrected chi connectivity index (χ4v) is 2.18. The Morgan fingerprint density at radius 1 is 1.62 bits per heavy atom. The van der Waals surface area contributed by atoms with E-state index < -0.39 is 5.97 Å². The number of aromatic nitrogens is 1.